The highest BCUT2D eigenvalue weighted by Crippen LogP contribution is 2.45. The summed E-state index contributed by atoms with van der Waals surface area (Å²) in [6.07, 6.45) is 5.16. The van der Waals surface area contributed by atoms with Crippen molar-refractivity contribution in [2.45, 2.75) is 51.6 Å². The molecule has 0 unspecified atom stereocenters. The van der Waals surface area contributed by atoms with Gasteiger partial charge >= 0.3 is 12.2 Å². The second-order valence-corrected chi connectivity index (χ2v) is 16.9. The number of ketones is 1. The minimum Gasteiger partial charge on any atom is -0.449 e. The monoisotopic (exact) mass is 897 g/mol. The van der Waals surface area contributed by atoms with Gasteiger partial charge in [-0.25, -0.2) is 9.59 Å². The molecule has 9 rings (SSSR count). The summed E-state index contributed by atoms with van der Waals surface area (Å²) in [5.74, 6) is -0.168. The van der Waals surface area contributed by atoms with E-state index in [1.807, 2.05) is 88.4 Å². The Hall–Kier alpha value is -8.00. The van der Waals surface area contributed by atoms with Crippen LogP contribution in [0.25, 0.3) is 33.7 Å². The Morgan fingerprint density at radius 1 is 0.567 bits per heavy atom. The zero-order chi connectivity index (χ0) is 46.9. The smallest absolute Gasteiger partial charge is 0.407 e. The van der Waals surface area contributed by atoms with Crippen LogP contribution in [0.15, 0.2) is 151 Å². The SMILES string of the molecule is CC(C)[C@H](NC(=O)OCC1c2ccccc2-c2ccccc21)C(=O)CNC(=O)c1ccncc1.CC(C)[C@H](NC(=O)OCC1c2ccccc2-c2ccccc21)c1nnc(-c2ccncc2)o1. The fourth-order valence-corrected chi connectivity index (χ4v) is 8.52. The number of amides is 3. The van der Waals surface area contributed by atoms with Gasteiger partial charge in [-0.3, -0.25) is 19.6 Å². The van der Waals surface area contributed by atoms with Gasteiger partial charge in [0.25, 0.3) is 5.91 Å². The van der Waals surface area contributed by atoms with Crippen molar-refractivity contribution in [2.75, 3.05) is 19.8 Å². The number of aromatic nitrogens is 4. The van der Waals surface area contributed by atoms with E-state index in [0.29, 0.717) is 17.3 Å². The lowest BCUT2D eigenvalue weighted by molar-refractivity contribution is -0.121. The van der Waals surface area contributed by atoms with Gasteiger partial charge in [-0.15, -0.1) is 10.2 Å². The van der Waals surface area contributed by atoms with Crippen LogP contribution in [0.4, 0.5) is 9.59 Å². The number of pyridine rings is 2. The van der Waals surface area contributed by atoms with Crippen LogP contribution in [0.5, 0.6) is 0 Å². The molecule has 2 atom stereocenters. The maximum absolute atomic E-state index is 12.8. The van der Waals surface area contributed by atoms with Crippen molar-refractivity contribution in [3.63, 3.8) is 0 Å². The Balaban J connectivity index is 0.000000182. The third kappa shape index (κ3) is 10.4. The van der Waals surface area contributed by atoms with E-state index in [2.05, 4.69) is 72.5 Å². The Morgan fingerprint density at radius 3 is 1.48 bits per heavy atom. The first-order chi connectivity index (χ1) is 32.6. The molecule has 14 nitrogen and oxygen atoms in total. The van der Waals surface area contributed by atoms with Gasteiger partial charge < -0.3 is 29.8 Å². The molecule has 0 bridgehead atoms. The van der Waals surface area contributed by atoms with Gasteiger partial charge in [-0.1, -0.05) is 125 Å². The predicted molar refractivity (Wildman–Crippen MR) is 252 cm³/mol. The second-order valence-electron chi connectivity index (χ2n) is 16.9. The molecule has 3 amide bonds. The topological polar surface area (TPSA) is 188 Å². The van der Waals surface area contributed by atoms with E-state index in [-0.39, 0.29) is 55.1 Å². The lowest BCUT2D eigenvalue weighted by Crippen LogP contribution is -2.48. The minimum atomic E-state index is -0.784. The van der Waals surface area contributed by atoms with Crippen LogP contribution in [0, 0.1) is 11.8 Å². The number of carbonyl (C=O) groups is 4. The molecule has 0 aliphatic heterocycles. The highest BCUT2D eigenvalue weighted by atomic mass is 16.6. The third-order valence-corrected chi connectivity index (χ3v) is 11.9. The van der Waals surface area contributed by atoms with E-state index in [1.165, 1.54) is 34.6 Å². The molecule has 0 saturated heterocycles. The summed E-state index contributed by atoms with van der Waals surface area (Å²) in [6, 6.07) is 38.2. The molecule has 14 heteroatoms. The van der Waals surface area contributed by atoms with Crippen LogP contribution in [0.2, 0.25) is 0 Å². The summed E-state index contributed by atoms with van der Waals surface area (Å²) in [5.41, 5.74) is 10.4. The van der Waals surface area contributed by atoms with Crippen molar-refractivity contribution in [3.8, 4) is 33.7 Å². The molecule has 340 valence electrons. The molecule has 2 aliphatic rings. The maximum atomic E-state index is 12.8. The summed E-state index contributed by atoms with van der Waals surface area (Å²) in [7, 11) is 0. The number of alkyl carbamates (subject to hydrolysis) is 2. The standard InChI is InChI=1S/C27H27N3O4.C26H24N4O3/c1-17(2)25(24(31)15-29-26(32)18-11-13-28-14-12-18)30-27(33)34-16-23-21-9-5-3-7-19(21)20-8-4-6-10-22(20)23;1-16(2)23(25-30-29-24(33-25)17-11-13-27-14-12-17)28-26(31)32-15-22-20-9-5-3-7-18(20)19-8-4-6-10-21(19)22/h3-14,17,23,25H,15-16H2,1-2H3,(H,29,32)(H,30,33);3-14,16,22-23H,15H2,1-2H3,(H,28,31)/t25-;23-/m00/s1. The summed E-state index contributed by atoms with van der Waals surface area (Å²) in [6.45, 7) is 7.82. The quantitative estimate of drug-likeness (QED) is 0.0944. The molecule has 67 heavy (non-hydrogen) atoms. The summed E-state index contributed by atoms with van der Waals surface area (Å²) in [5, 5.41) is 16.5. The number of nitrogens with zero attached hydrogens (tertiary/aromatic N) is 4. The Bertz CT molecular complexity index is 2760. The highest BCUT2D eigenvalue weighted by Gasteiger charge is 2.32. The van der Waals surface area contributed by atoms with Gasteiger partial charge in [0.15, 0.2) is 5.78 Å². The number of hydrogen-bond acceptors (Lipinski definition) is 11. The zero-order valence-corrected chi connectivity index (χ0v) is 37.6. The number of carbonyl (C=O) groups excluding carboxylic acids is 4. The maximum Gasteiger partial charge on any atom is 0.407 e. The first kappa shape index (κ1) is 45.6. The van der Waals surface area contributed by atoms with Crippen LogP contribution in [-0.2, 0) is 14.3 Å². The number of ether oxygens (including phenoxy) is 2. The van der Waals surface area contributed by atoms with Crippen LogP contribution in [0.1, 0.15) is 84.1 Å². The van der Waals surface area contributed by atoms with Gasteiger partial charge in [0.05, 0.1) is 12.6 Å². The zero-order valence-electron chi connectivity index (χ0n) is 37.6. The van der Waals surface area contributed by atoms with Gasteiger partial charge in [0, 0.05) is 47.8 Å². The molecule has 4 aromatic carbocycles. The molecule has 3 heterocycles. The molecular weight excluding hydrogens is 847 g/mol. The number of fused-ring (bicyclic) bond motifs is 6. The van der Waals surface area contributed by atoms with Crippen LogP contribution in [-0.4, -0.2) is 69.8 Å². The highest BCUT2D eigenvalue weighted by molar-refractivity contribution is 5.98. The first-order valence-electron chi connectivity index (χ1n) is 22.2. The van der Waals surface area contributed by atoms with E-state index in [0.717, 1.165) is 27.8 Å². The van der Waals surface area contributed by atoms with Crippen molar-refractivity contribution in [1.29, 1.82) is 0 Å². The molecule has 2 aliphatic carbocycles. The third-order valence-electron chi connectivity index (χ3n) is 11.9. The van der Waals surface area contributed by atoms with Gasteiger partial charge in [-0.05, 0) is 80.6 Å². The molecule has 0 spiro atoms. The number of nitrogens with one attached hydrogen (secondary N) is 3. The molecule has 3 N–H and O–H groups in total. The largest absolute Gasteiger partial charge is 0.449 e. The Labute approximate surface area is 388 Å². The number of rotatable bonds is 14. The Kier molecular flexibility index (Phi) is 14.2. The van der Waals surface area contributed by atoms with Crippen molar-refractivity contribution >= 4 is 23.9 Å². The molecule has 7 aromatic rings. The summed E-state index contributed by atoms with van der Waals surface area (Å²) >= 11 is 0. The van der Waals surface area contributed by atoms with Crippen molar-refractivity contribution in [3.05, 3.63) is 180 Å². The number of hydrogen-bond donors (Lipinski definition) is 3. The Morgan fingerprint density at radius 2 is 1.01 bits per heavy atom. The van der Waals surface area contributed by atoms with E-state index in [1.54, 1.807) is 36.7 Å². The van der Waals surface area contributed by atoms with Crippen LogP contribution in [0.3, 0.4) is 0 Å². The predicted octanol–water partition coefficient (Wildman–Crippen LogP) is 9.31. The van der Waals surface area contributed by atoms with Gasteiger partial charge in [0.1, 0.15) is 19.3 Å². The molecule has 3 aromatic heterocycles. The molecule has 0 radical (unpaired) electrons. The number of Topliss-reactive ketones (excluding diaryl/α,β-unsaturated/α-hetero) is 1. The van der Waals surface area contributed by atoms with Crippen molar-refractivity contribution in [2.24, 2.45) is 11.8 Å². The van der Waals surface area contributed by atoms with Crippen molar-refractivity contribution < 1.29 is 33.1 Å². The second kappa shape index (κ2) is 20.9. The first-order valence-corrected chi connectivity index (χ1v) is 22.2. The van der Waals surface area contributed by atoms with Gasteiger partial charge in [-0.2, -0.15) is 0 Å². The normalized spacial score (nSPS) is 13.2. The lowest BCUT2D eigenvalue weighted by Gasteiger charge is -2.22. The van der Waals surface area contributed by atoms with Crippen LogP contribution >= 0.6 is 0 Å². The summed E-state index contributed by atoms with van der Waals surface area (Å²) < 4.78 is 17.1. The fourth-order valence-electron chi connectivity index (χ4n) is 8.52. The van der Waals surface area contributed by atoms with E-state index >= 15 is 0 Å². The number of benzene rings is 4. The molecule has 0 fully saturated rings. The lowest BCUT2D eigenvalue weighted by atomic mass is 9.98. The van der Waals surface area contributed by atoms with Crippen molar-refractivity contribution in [1.82, 2.24) is 36.1 Å². The average molecular weight is 898 g/mol. The van der Waals surface area contributed by atoms with E-state index in [9.17, 15) is 19.2 Å². The molecular formula is C53H51N7O7. The molecule has 0 saturated carbocycles. The van der Waals surface area contributed by atoms with E-state index < -0.39 is 24.3 Å². The van der Waals surface area contributed by atoms with Gasteiger partial charge in [0.2, 0.25) is 11.8 Å². The summed E-state index contributed by atoms with van der Waals surface area (Å²) in [4.78, 5) is 58.2. The van der Waals surface area contributed by atoms with Crippen LogP contribution < -0.4 is 16.0 Å². The fraction of sp³-hybridized carbons (Fsp3) is 0.245. The van der Waals surface area contributed by atoms with E-state index in [4.69, 9.17) is 13.9 Å². The average Bonchev–Trinajstić information content (AvgIpc) is 4.06. The minimum absolute atomic E-state index is 0.00217.